The molecular formula is C27H35N5O7. The van der Waals surface area contributed by atoms with Crippen LogP contribution in [-0.4, -0.2) is 64.5 Å². The molecular weight excluding hydrogens is 506 g/mol. The van der Waals surface area contributed by atoms with E-state index in [2.05, 4.69) is 16.0 Å². The summed E-state index contributed by atoms with van der Waals surface area (Å²) < 4.78 is 0. The zero-order valence-corrected chi connectivity index (χ0v) is 21.4. The molecule has 0 saturated carbocycles. The number of unbranched alkanes of at least 4 members (excludes halogenated alkanes) is 1. The predicted octanol–water partition coefficient (Wildman–Crippen LogP) is 0.0718. The van der Waals surface area contributed by atoms with Crippen LogP contribution in [0.1, 0.15) is 42.9 Å². The Morgan fingerprint density at radius 3 is 1.90 bits per heavy atom. The first kappa shape index (κ1) is 30.9. The van der Waals surface area contributed by atoms with Gasteiger partial charge in [-0.25, -0.2) is 4.79 Å². The van der Waals surface area contributed by atoms with Gasteiger partial charge in [-0.15, -0.1) is 0 Å². The zero-order chi connectivity index (χ0) is 28.8. The first-order valence-corrected chi connectivity index (χ1v) is 12.5. The summed E-state index contributed by atoms with van der Waals surface area (Å²) in [6, 6.07) is 11.9. The smallest absolute Gasteiger partial charge is 0.326 e. The largest absolute Gasteiger partial charge is 0.481 e. The third-order valence-corrected chi connectivity index (χ3v) is 5.90. The Bertz CT molecular complexity index is 1110. The Labute approximate surface area is 226 Å². The van der Waals surface area contributed by atoms with Gasteiger partial charge in [0.15, 0.2) is 0 Å². The highest BCUT2D eigenvalue weighted by molar-refractivity contribution is 5.95. The lowest BCUT2D eigenvalue weighted by Gasteiger charge is -2.25. The summed E-state index contributed by atoms with van der Waals surface area (Å²) in [6.07, 6.45) is 0.821. The summed E-state index contributed by atoms with van der Waals surface area (Å²) in [5, 5.41) is 25.8. The third kappa shape index (κ3) is 10.5. The maximum atomic E-state index is 13.5. The van der Waals surface area contributed by atoms with Crippen molar-refractivity contribution in [2.75, 3.05) is 6.54 Å². The molecule has 0 aliphatic carbocycles. The van der Waals surface area contributed by atoms with Crippen molar-refractivity contribution in [1.29, 1.82) is 0 Å². The van der Waals surface area contributed by atoms with Crippen LogP contribution in [0.3, 0.4) is 0 Å². The fraction of sp³-hybridized carbons (Fsp3) is 0.370. The minimum atomic E-state index is -1.71. The summed E-state index contributed by atoms with van der Waals surface area (Å²) in [5.74, 6) is -5.13. The molecule has 0 aliphatic rings. The summed E-state index contributed by atoms with van der Waals surface area (Å²) >= 11 is 0. The molecule has 12 heteroatoms. The Morgan fingerprint density at radius 2 is 1.33 bits per heavy atom. The second-order valence-corrected chi connectivity index (χ2v) is 8.99. The molecule has 0 heterocycles. The van der Waals surface area contributed by atoms with Crippen LogP contribution in [0.2, 0.25) is 0 Å². The molecule has 2 aromatic rings. The van der Waals surface area contributed by atoms with E-state index in [-0.39, 0.29) is 6.42 Å². The topological polar surface area (TPSA) is 214 Å². The van der Waals surface area contributed by atoms with Crippen molar-refractivity contribution in [2.45, 2.75) is 56.3 Å². The molecule has 0 unspecified atom stereocenters. The van der Waals surface area contributed by atoms with Crippen molar-refractivity contribution < 1.29 is 34.2 Å². The standard InChI is InChI=1S/C27H35N5O7/c28-14-8-7-13-19(29)24(35)32-23(18-11-5-2-6-12-18)26(37)30-20(15-17-9-3-1-4-10-17)25(36)31-21(27(38)39)16-22(33)34/h1-6,9-12,19-21,23H,7-8,13-16,28-29H2,(H,30,37)(H,31,36)(H,32,35)(H,33,34)(H,38,39)/t19-,20+,21+,23+/m1/s1. The molecule has 0 bridgehead atoms. The van der Waals surface area contributed by atoms with E-state index in [0.29, 0.717) is 36.9 Å². The number of carboxylic acids is 2. The summed E-state index contributed by atoms with van der Waals surface area (Å²) in [6.45, 7) is 0.462. The Hall–Kier alpha value is -4.29. The molecule has 0 radical (unpaired) electrons. The quantitative estimate of drug-likeness (QED) is 0.143. The molecule has 3 amide bonds. The zero-order valence-electron chi connectivity index (χ0n) is 21.4. The highest BCUT2D eigenvalue weighted by Crippen LogP contribution is 2.15. The average Bonchev–Trinajstić information content (AvgIpc) is 2.91. The molecule has 0 fully saturated rings. The molecule has 9 N–H and O–H groups in total. The van der Waals surface area contributed by atoms with Crippen LogP contribution in [0.15, 0.2) is 60.7 Å². The fourth-order valence-electron chi connectivity index (χ4n) is 3.80. The Kier molecular flexibility index (Phi) is 12.6. The van der Waals surface area contributed by atoms with E-state index < -0.39 is 60.2 Å². The van der Waals surface area contributed by atoms with Gasteiger partial charge in [0.25, 0.3) is 0 Å². The monoisotopic (exact) mass is 541 g/mol. The van der Waals surface area contributed by atoms with Gasteiger partial charge >= 0.3 is 11.9 Å². The van der Waals surface area contributed by atoms with Crippen molar-refractivity contribution >= 4 is 29.7 Å². The normalized spacial score (nSPS) is 13.8. The van der Waals surface area contributed by atoms with Crippen LogP contribution < -0.4 is 27.4 Å². The van der Waals surface area contributed by atoms with Gasteiger partial charge in [0.05, 0.1) is 12.5 Å². The van der Waals surface area contributed by atoms with Crippen LogP contribution >= 0.6 is 0 Å². The van der Waals surface area contributed by atoms with E-state index in [1.165, 1.54) is 0 Å². The van der Waals surface area contributed by atoms with Gasteiger partial charge in [-0.05, 0) is 30.5 Å². The molecule has 39 heavy (non-hydrogen) atoms. The van der Waals surface area contributed by atoms with Crippen LogP contribution in [0.4, 0.5) is 0 Å². The minimum absolute atomic E-state index is 0.0219. The number of carbonyl (C=O) groups is 5. The van der Waals surface area contributed by atoms with Crippen molar-refractivity contribution in [3.05, 3.63) is 71.8 Å². The highest BCUT2D eigenvalue weighted by atomic mass is 16.4. The van der Waals surface area contributed by atoms with Crippen molar-refractivity contribution in [2.24, 2.45) is 11.5 Å². The second kappa shape index (κ2) is 15.8. The van der Waals surface area contributed by atoms with E-state index in [1.54, 1.807) is 60.7 Å². The van der Waals surface area contributed by atoms with Crippen molar-refractivity contribution in [3.8, 4) is 0 Å². The Morgan fingerprint density at radius 1 is 0.744 bits per heavy atom. The van der Waals surface area contributed by atoms with E-state index >= 15 is 0 Å². The summed E-state index contributed by atoms with van der Waals surface area (Å²) in [7, 11) is 0. The number of amides is 3. The Balaban J connectivity index is 2.29. The second-order valence-electron chi connectivity index (χ2n) is 8.99. The molecule has 12 nitrogen and oxygen atoms in total. The summed E-state index contributed by atoms with van der Waals surface area (Å²) in [5.41, 5.74) is 12.6. The molecule has 0 aromatic heterocycles. The number of hydrogen-bond acceptors (Lipinski definition) is 7. The molecule has 2 aromatic carbocycles. The number of benzene rings is 2. The molecule has 0 saturated heterocycles. The van der Waals surface area contributed by atoms with Gasteiger partial charge in [-0.1, -0.05) is 67.1 Å². The number of carbonyl (C=O) groups excluding carboxylic acids is 3. The van der Waals surface area contributed by atoms with Crippen LogP contribution in [0.5, 0.6) is 0 Å². The SMILES string of the molecule is NCCCC[C@@H](N)C(=O)N[C@H](C(=O)N[C@@H](Cc1ccccc1)C(=O)N[C@@H](CC(=O)O)C(=O)O)c1ccccc1. The van der Waals surface area contributed by atoms with Crippen LogP contribution in [-0.2, 0) is 30.4 Å². The van der Waals surface area contributed by atoms with Gasteiger partial charge < -0.3 is 37.6 Å². The highest BCUT2D eigenvalue weighted by Gasteiger charge is 2.32. The van der Waals surface area contributed by atoms with E-state index in [0.717, 1.165) is 0 Å². The lowest BCUT2D eigenvalue weighted by Crippen LogP contribution is -2.55. The third-order valence-electron chi connectivity index (χ3n) is 5.90. The molecule has 0 spiro atoms. The number of nitrogens with one attached hydrogen (secondary N) is 3. The summed E-state index contributed by atoms with van der Waals surface area (Å²) in [4.78, 5) is 62.0. The van der Waals surface area contributed by atoms with Crippen molar-refractivity contribution in [1.82, 2.24) is 16.0 Å². The number of carboxylic acid groups (broad SMARTS) is 2. The van der Waals surface area contributed by atoms with E-state index in [4.69, 9.17) is 16.6 Å². The van der Waals surface area contributed by atoms with Gasteiger partial charge in [-0.2, -0.15) is 0 Å². The van der Waals surface area contributed by atoms with Gasteiger partial charge in [-0.3, -0.25) is 19.2 Å². The minimum Gasteiger partial charge on any atom is -0.481 e. The number of aliphatic carboxylic acids is 2. The molecule has 210 valence electrons. The van der Waals surface area contributed by atoms with Gasteiger partial charge in [0.2, 0.25) is 17.7 Å². The first-order valence-electron chi connectivity index (χ1n) is 12.5. The van der Waals surface area contributed by atoms with Crippen molar-refractivity contribution in [3.63, 3.8) is 0 Å². The lowest BCUT2D eigenvalue weighted by molar-refractivity contribution is -0.147. The molecule has 4 atom stereocenters. The van der Waals surface area contributed by atoms with Crippen LogP contribution in [0, 0.1) is 0 Å². The molecule has 2 rings (SSSR count). The molecule has 0 aliphatic heterocycles. The fourth-order valence-corrected chi connectivity index (χ4v) is 3.80. The first-order chi connectivity index (χ1) is 18.6. The predicted molar refractivity (Wildman–Crippen MR) is 142 cm³/mol. The number of rotatable bonds is 16. The van der Waals surface area contributed by atoms with E-state index in [1.807, 2.05) is 0 Å². The van der Waals surface area contributed by atoms with Gasteiger partial charge in [0, 0.05) is 6.42 Å². The average molecular weight is 542 g/mol. The number of nitrogens with two attached hydrogens (primary N) is 2. The van der Waals surface area contributed by atoms with Crippen LogP contribution in [0.25, 0.3) is 0 Å². The maximum Gasteiger partial charge on any atom is 0.326 e. The maximum absolute atomic E-state index is 13.5. The lowest BCUT2D eigenvalue weighted by atomic mass is 10.0. The van der Waals surface area contributed by atoms with Gasteiger partial charge in [0.1, 0.15) is 18.1 Å². The number of hydrogen-bond donors (Lipinski definition) is 7. The van der Waals surface area contributed by atoms with E-state index in [9.17, 15) is 29.1 Å².